The molecule has 1 aromatic carbocycles. The van der Waals surface area contributed by atoms with Crippen molar-refractivity contribution >= 4 is 13.3 Å². The molecule has 1 unspecified atom stereocenters. The summed E-state index contributed by atoms with van der Waals surface area (Å²) in [6.45, 7) is 0. The second-order valence-electron chi connectivity index (χ2n) is 4.28. The number of anilines is 1. The van der Waals surface area contributed by atoms with Crippen LogP contribution in [0.1, 0.15) is 11.5 Å². The predicted octanol–water partition coefficient (Wildman–Crippen LogP) is 3.62. The van der Waals surface area contributed by atoms with E-state index in [-0.39, 0.29) is 0 Å². The zero-order valence-electron chi connectivity index (χ0n) is 12.2. The second kappa shape index (κ2) is 6.80. The van der Waals surface area contributed by atoms with Gasteiger partial charge in [-0.25, -0.2) is 0 Å². The quantitative estimate of drug-likeness (QED) is 0.764. The van der Waals surface area contributed by atoms with Crippen molar-refractivity contribution in [2.45, 2.75) is 5.78 Å². The van der Waals surface area contributed by atoms with E-state index in [2.05, 4.69) is 10.3 Å². The van der Waals surface area contributed by atoms with E-state index in [4.69, 9.17) is 13.8 Å². The first kappa shape index (κ1) is 15.6. The number of rotatable bonds is 7. The van der Waals surface area contributed by atoms with Crippen molar-refractivity contribution in [1.82, 2.24) is 4.98 Å². The maximum absolute atomic E-state index is 12.8. The monoisotopic (exact) mass is 310 g/mol. The Morgan fingerprint density at radius 3 is 2.38 bits per heavy atom. The lowest BCUT2D eigenvalue weighted by atomic mass is 10.3. The molecule has 0 bridgehead atoms. The standard InChI is InChI=1S/C14H19N2O4P/c1-18-13-9-5-4-7-11(13)16-14(12-8-6-10-15-12)21(17,19-2)20-3/h4-10,14-16H,1-3H3. The molecule has 0 amide bonds. The van der Waals surface area contributed by atoms with Crippen LogP contribution in [0.15, 0.2) is 42.6 Å². The topological polar surface area (TPSA) is 72.6 Å². The van der Waals surface area contributed by atoms with Crippen LogP contribution in [0, 0.1) is 0 Å². The van der Waals surface area contributed by atoms with Gasteiger partial charge >= 0.3 is 7.60 Å². The predicted molar refractivity (Wildman–Crippen MR) is 81.8 cm³/mol. The lowest BCUT2D eigenvalue weighted by Gasteiger charge is -2.26. The molecule has 1 heterocycles. The Morgan fingerprint density at radius 2 is 1.81 bits per heavy atom. The Labute approximate surface area is 124 Å². The number of ether oxygens (including phenoxy) is 1. The highest BCUT2D eigenvalue weighted by Gasteiger charge is 2.36. The van der Waals surface area contributed by atoms with Crippen LogP contribution < -0.4 is 10.1 Å². The maximum atomic E-state index is 12.8. The Balaban J connectivity index is 2.40. The summed E-state index contributed by atoms with van der Waals surface area (Å²) in [7, 11) is 0.936. The van der Waals surface area contributed by atoms with Crippen molar-refractivity contribution in [2.75, 3.05) is 26.6 Å². The summed E-state index contributed by atoms with van der Waals surface area (Å²) in [4.78, 5) is 3.03. The molecule has 0 aliphatic carbocycles. The van der Waals surface area contributed by atoms with Gasteiger partial charge in [0.05, 0.1) is 12.8 Å². The van der Waals surface area contributed by atoms with E-state index >= 15 is 0 Å². The molecule has 6 nitrogen and oxygen atoms in total. The highest BCUT2D eigenvalue weighted by atomic mass is 31.2. The molecule has 2 N–H and O–H groups in total. The van der Waals surface area contributed by atoms with Crippen LogP contribution in [0.3, 0.4) is 0 Å². The van der Waals surface area contributed by atoms with Crippen molar-refractivity contribution in [3.05, 3.63) is 48.3 Å². The van der Waals surface area contributed by atoms with Gasteiger partial charge in [-0.2, -0.15) is 0 Å². The molecule has 0 aliphatic rings. The molecule has 0 fully saturated rings. The maximum Gasteiger partial charge on any atom is 0.358 e. The van der Waals surface area contributed by atoms with Crippen LogP contribution in [0.2, 0.25) is 0 Å². The number of methoxy groups -OCH3 is 1. The first-order chi connectivity index (χ1) is 10.1. The summed E-state index contributed by atoms with van der Waals surface area (Å²) in [5, 5.41) is 3.17. The number of para-hydroxylation sites is 2. The summed E-state index contributed by atoms with van der Waals surface area (Å²) < 4.78 is 28.3. The van der Waals surface area contributed by atoms with Crippen molar-refractivity contribution in [2.24, 2.45) is 0 Å². The summed E-state index contributed by atoms with van der Waals surface area (Å²) >= 11 is 0. The molecule has 21 heavy (non-hydrogen) atoms. The van der Waals surface area contributed by atoms with E-state index in [1.54, 1.807) is 13.3 Å². The Hall–Kier alpha value is -1.75. The van der Waals surface area contributed by atoms with Gasteiger partial charge in [0.2, 0.25) is 0 Å². The van der Waals surface area contributed by atoms with Crippen molar-refractivity contribution in [3.63, 3.8) is 0 Å². The van der Waals surface area contributed by atoms with E-state index in [9.17, 15) is 4.57 Å². The van der Waals surface area contributed by atoms with Gasteiger partial charge in [-0.05, 0) is 24.3 Å². The third-order valence-electron chi connectivity index (χ3n) is 3.14. The van der Waals surface area contributed by atoms with E-state index < -0.39 is 13.4 Å². The van der Waals surface area contributed by atoms with Gasteiger partial charge in [0, 0.05) is 26.1 Å². The largest absolute Gasteiger partial charge is 0.495 e. The number of nitrogens with one attached hydrogen (secondary N) is 2. The summed E-state index contributed by atoms with van der Waals surface area (Å²) in [6.07, 6.45) is 1.75. The Bertz CT molecular complexity index is 607. The summed E-state index contributed by atoms with van der Waals surface area (Å²) in [5.41, 5.74) is 1.40. The number of benzene rings is 1. The van der Waals surface area contributed by atoms with Crippen LogP contribution in [0.5, 0.6) is 5.75 Å². The molecule has 2 rings (SSSR count). The number of aromatic nitrogens is 1. The molecule has 2 aromatic rings. The second-order valence-corrected chi connectivity index (χ2v) is 6.60. The molecule has 0 spiro atoms. The highest BCUT2D eigenvalue weighted by Crippen LogP contribution is 2.59. The average Bonchev–Trinajstić information content (AvgIpc) is 3.06. The SMILES string of the molecule is COc1ccccc1NC(c1ccc[nH]1)P(=O)(OC)OC. The minimum Gasteiger partial charge on any atom is -0.495 e. The van der Waals surface area contributed by atoms with Gasteiger partial charge in [0.1, 0.15) is 5.75 Å². The van der Waals surface area contributed by atoms with E-state index in [0.29, 0.717) is 17.1 Å². The fourth-order valence-corrected chi connectivity index (χ4v) is 3.41. The number of hydrogen-bond donors (Lipinski definition) is 2. The Kier molecular flexibility index (Phi) is 5.07. The average molecular weight is 310 g/mol. The van der Waals surface area contributed by atoms with E-state index in [1.165, 1.54) is 14.2 Å². The lowest BCUT2D eigenvalue weighted by molar-refractivity contribution is 0.268. The van der Waals surface area contributed by atoms with Gasteiger partial charge in [-0.3, -0.25) is 4.57 Å². The van der Waals surface area contributed by atoms with E-state index in [0.717, 1.165) is 0 Å². The molecule has 7 heteroatoms. The van der Waals surface area contributed by atoms with Crippen LogP contribution in [0.25, 0.3) is 0 Å². The Morgan fingerprint density at radius 1 is 1.10 bits per heavy atom. The van der Waals surface area contributed by atoms with Gasteiger partial charge < -0.3 is 24.1 Å². The smallest absolute Gasteiger partial charge is 0.358 e. The van der Waals surface area contributed by atoms with Gasteiger partial charge in [0.15, 0.2) is 5.78 Å². The minimum atomic E-state index is -3.37. The fourth-order valence-electron chi connectivity index (χ4n) is 2.04. The van der Waals surface area contributed by atoms with Gasteiger partial charge in [-0.15, -0.1) is 0 Å². The van der Waals surface area contributed by atoms with Crippen molar-refractivity contribution in [3.8, 4) is 5.75 Å². The molecular weight excluding hydrogens is 291 g/mol. The number of hydrogen-bond acceptors (Lipinski definition) is 5. The molecule has 1 aromatic heterocycles. The molecule has 1 atom stereocenters. The van der Waals surface area contributed by atoms with Crippen LogP contribution in [-0.2, 0) is 13.6 Å². The number of H-pyrrole nitrogens is 1. The third kappa shape index (κ3) is 3.29. The van der Waals surface area contributed by atoms with Crippen molar-refractivity contribution < 1.29 is 18.3 Å². The molecule has 0 radical (unpaired) electrons. The third-order valence-corrected chi connectivity index (χ3v) is 5.20. The highest BCUT2D eigenvalue weighted by molar-refractivity contribution is 7.54. The minimum absolute atomic E-state index is 0.646. The summed E-state index contributed by atoms with van der Waals surface area (Å²) in [6, 6.07) is 11.0. The molecular formula is C14H19N2O4P. The number of aromatic amines is 1. The van der Waals surface area contributed by atoms with Crippen LogP contribution in [0.4, 0.5) is 5.69 Å². The first-order valence-corrected chi connectivity index (χ1v) is 8.00. The normalized spacial score (nSPS) is 12.9. The van der Waals surface area contributed by atoms with Gasteiger partial charge in [0.25, 0.3) is 0 Å². The van der Waals surface area contributed by atoms with Crippen molar-refractivity contribution in [1.29, 1.82) is 0 Å². The molecule has 0 saturated heterocycles. The molecule has 0 saturated carbocycles. The lowest BCUT2D eigenvalue weighted by Crippen LogP contribution is -2.14. The summed E-state index contributed by atoms with van der Waals surface area (Å²) in [5.74, 6) is -0.0217. The fraction of sp³-hybridized carbons (Fsp3) is 0.286. The molecule has 0 aliphatic heterocycles. The van der Waals surface area contributed by atoms with Crippen LogP contribution in [-0.4, -0.2) is 26.3 Å². The molecule has 114 valence electrons. The van der Waals surface area contributed by atoms with Crippen LogP contribution >= 0.6 is 7.60 Å². The van der Waals surface area contributed by atoms with Gasteiger partial charge in [-0.1, -0.05) is 12.1 Å². The zero-order chi connectivity index (χ0) is 15.3. The first-order valence-electron chi connectivity index (χ1n) is 6.38. The van der Waals surface area contributed by atoms with E-state index in [1.807, 2.05) is 36.4 Å². The zero-order valence-corrected chi connectivity index (χ0v) is 13.1.